The summed E-state index contributed by atoms with van der Waals surface area (Å²) < 4.78 is 5.46. The molecule has 1 aromatic carbocycles. The molecule has 1 heterocycles. The molecule has 1 atom stereocenters. The average molecular weight is 258 g/mol. The van der Waals surface area contributed by atoms with E-state index in [9.17, 15) is 10.4 Å². The van der Waals surface area contributed by atoms with Crippen molar-refractivity contribution in [2.75, 3.05) is 0 Å². The van der Waals surface area contributed by atoms with Crippen molar-refractivity contribution in [1.29, 1.82) is 5.26 Å². The van der Waals surface area contributed by atoms with Crippen molar-refractivity contribution in [3.63, 3.8) is 0 Å². The number of hydrogen-bond acceptors (Lipinski definition) is 4. The fraction of sp³-hybridized carbons (Fsp3) is 0.400. The van der Waals surface area contributed by atoms with Gasteiger partial charge in [-0.3, -0.25) is 0 Å². The van der Waals surface area contributed by atoms with Gasteiger partial charge in [0.25, 0.3) is 0 Å². The number of nitrogens with two attached hydrogens (primary N) is 1. The van der Waals surface area contributed by atoms with Gasteiger partial charge in [-0.1, -0.05) is 32.8 Å². The normalized spacial score (nSPS) is 17.9. The Balaban J connectivity index is 2.58. The van der Waals surface area contributed by atoms with Crippen molar-refractivity contribution in [2.24, 2.45) is 11.7 Å². The molecular weight excluding hydrogens is 240 g/mol. The van der Waals surface area contributed by atoms with E-state index < -0.39 is 0 Å². The lowest BCUT2D eigenvalue weighted by atomic mass is 9.77. The first kappa shape index (κ1) is 13.3. The van der Waals surface area contributed by atoms with Gasteiger partial charge < -0.3 is 15.6 Å². The number of hydrogen-bond donors (Lipinski definition) is 2. The van der Waals surface area contributed by atoms with Crippen molar-refractivity contribution in [3.05, 3.63) is 35.2 Å². The van der Waals surface area contributed by atoms with Crippen LogP contribution in [0.15, 0.2) is 29.7 Å². The fourth-order valence-corrected chi connectivity index (χ4v) is 2.72. The summed E-state index contributed by atoms with van der Waals surface area (Å²) in [6.45, 7) is 4.21. The van der Waals surface area contributed by atoms with Crippen LogP contribution in [0.1, 0.15) is 38.2 Å². The third-order valence-corrected chi connectivity index (χ3v) is 3.77. The van der Waals surface area contributed by atoms with E-state index in [4.69, 9.17) is 10.5 Å². The predicted octanol–water partition coefficient (Wildman–Crippen LogP) is 3.00. The van der Waals surface area contributed by atoms with Gasteiger partial charge in [0.15, 0.2) is 0 Å². The molecule has 100 valence electrons. The van der Waals surface area contributed by atoms with E-state index in [1.54, 1.807) is 12.1 Å². The highest BCUT2D eigenvalue weighted by atomic mass is 16.5. The molecular formula is C15H18N2O2. The van der Waals surface area contributed by atoms with Gasteiger partial charge in [0.1, 0.15) is 17.6 Å². The van der Waals surface area contributed by atoms with Gasteiger partial charge in [-0.15, -0.1) is 0 Å². The molecule has 0 aromatic heterocycles. The predicted molar refractivity (Wildman–Crippen MR) is 72.4 cm³/mol. The molecule has 0 saturated heterocycles. The first-order chi connectivity index (χ1) is 9.12. The standard InChI is InChI=1S/C15H18N2O2/c1-3-9(4-2)14-11-6-5-10(18)7-13(11)19-15(17)12(14)8-16/h5-7,9,14,18H,3-4,17H2,1-2H3/t14-/m0/s1. The van der Waals surface area contributed by atoms with Crippen LogP contribution in [-0.2, 0) is 0 Å². The van der Waals surface area contributed by atoms with E-state index in [2.05, 4.69) is 19.9 Å². The van der Waals surface area contributed by atoms with Gasteiger partial charge in [-0.25, -0.2) is 0 Å². The van der Waals surface area contributed by atoms with Crippen LogP contribution in [0.2, 0.25) is 0 Å². The second kappa shape index (κ2) is 5.23. The van der Waals surface area contributed by atoms with Gasteiger partial charge in [-0.2, -0.15) is 5.26 Å². The molecule has 1 aliphatic heterocycles. The average Bonchev–Trinajstić information content (AvgIpc) is 2.39. The Labute approximate surface area is 113 Å². The molecule has 0 unspecified atom stereocenters. The Morgan fingerprint density at radius 3 is 2.68 bits per heavy atom. The summed E-state index contributed by atoms with van der Waals surface area (Å²) in [5, 5.41) is 18.9. The van der Waals surface area contributed by atoms with Gasteiger partial charge in [-0.05, 0) is 12.0 Å². The van der Waals surface area contributed by atoms with E-state index in [0.29, 0.717) is 17.2 Å². The monoisotopic (exact) mass is 258 g/mol. The second-order valence-corrected chi connectivity index (χ2v) is 4.77. The first-order valence-corrected chi connectivity index (χ1v) is 6.52. The largest absolute Gasteiger partial charge is 0.508 e. The van der Waals surface area contributed by atoms with Crippen LogP contribution in [0, 0.1) is 17.2 Å². The van der Waals surface area contributed by atoms with E-state index in [1.807, 2.05) is 6.07 Å². The molecule has 4 heteroatoms. The number of nitrogens with zero attached hydrogens (tertiary/aromatic N) is 1. The zero-order valence-electron chi connectivity index (χ0n) is 11.2. The minimum atomic E-state index is -0.0515. The highest BCUT2D eigenvalue weighted by Gasteiger charge is 2.33. The molecule has 0 bridgehead atoms. The van der Waals surface area contributed by atoms with Gasteiger partial charge in [0.2, 0.25) is 5.88 Å². The maximum atomic E-state index is 9.53. The third kappa shape index (κ3) is 2.24. The number of rotatable bonds is 3. The molecule has 3 N–H and O–H groups in total. The van der Waals surface area contributed by atoms with Gasteiger partial charge >= 0.3 is 0 Å². The number of phenolic OH excluding ortho intramolecular Hbond substituents is 1. The van der Waals surface area contributed by atoms with E-state index in [-0.39, 0.29) is 17.6 Å². The van der Waals surface area contributed by atoms with Crippen LogP contribution in [0.25, 0.3) is 0 Å². The minimum Gasteiger partial charge on any atom is -0.508 e. The van der Waals surface area contributed by atoms with E-state index in [0.717, 1.165) is 18.4 Å². The third-order valence-electron chi connectivity index (χ3n) is 3.77. The molecule has 4 nitrogen and oxygen atoms in total. The summed E-state index contributed by atoms with van der Waals surface area (Å²) >= 11 is 0. The van der Waals surface area contributed by atoms with E-state index >= 15 is 0 Å². The summed E-state index contributed by atoms with van der Waals surface area (Å²) in [4.78, 5) is 0. The molecule has 0 aliphatic carbocycles. The van der Waals surface area contributed by atoms with Crippen LogP contribution in [0.5, 0.6) is 11.5 Å². The zero-order valence-corrected chi connectivity index (χ0v) is 11.2. The minimum absolute atomic E-state index is 0.0515. The first-order valence-electron chi connectivity index (χ1n) is 6.52. The fourth-order valence-electron chi connectivity index (χ4n) is 2.72. The van der Waals surface area contributed by atoms with Crippen LogP contribution in [-0.4, -0.2) is 5.11 Å². The molecule has 0 radical (unpaired) electrons. The molecule has 1 aromatic rings. The van der Waals surface area contributed by atoms with Crippen LogP contribution in [0.4, 0.5) is 0 Å². The Morgan fingerprint density at radius 2 is 2.11 bits per heavy atom. The molecule has 2 rings (SSSR count). The van der Waals surface area contributed by atoms with Crippen LogP contribution >= 0.6 is 0 Å². The van der Waals surface area contributed by atoms with Crippen molar-refractivity contribution in [3.8, 4) is 17.6 Å². The molecule has 0 amide bonds. The summed E-state index contributed by atoms with van der Waals surface area (Å²) in [5.41, 5.74) is 7.27. The number of aromatic hydroxyl groups is 1. The molecule has 0 fully saturated rings. The Morgan fingerprint density at radius 1 is 1.42 bits per heavy atom. The van der Waals surface area contributed by atoms with Crippen LogP contribution in [0.3, 0.4) is 0 Å². The smallest absolute Gasteiger partial charge is 0.205 e. The van der Waals surface area contributed by atoms with Crippen molar-refractivity contribution < 1.29 is 9.84 Å². The highest BCUT2D eigenvalue weighted by Crippen LogP contribution is 2.45. The highest BCUT2D eigenvalue weighted by molar-refractivity contribution is 5.52. The van der Waals surface area contributed by atoms with Crippen molar-refractivity contribution in [2.45, 2.75) is 32.6 Å². The Kier molecular flexibility index (Phi) is 3.66. The number of benzene rings is 1. The lowest BCUT2D eigenvalue weighted by molar-refractivity contribution is 0.347. The molecule has 0 spiro atoms. The second-order valence-electron chi connectivity index (χ2n) is 4.77. The number of allylic oxidation sites excluding steroid dienone is 1. The lowest BCUT2D eigenvalue weighted by Crippen LogP contribution is -2.24. The summed E-state index contributed by atoms with van der Waals surface area (Å²) in [6, 6.07) is 7.16. The maximum absolute atomic E-state index is 9.53. The van der Waals surface area contributed by atoms with Gasteiger partial charge in [0.05, 0.1) is 5.57 Å². The summed E-state index contributed by atoms with van der Waals surface area (Å²) in [5.74, 6) is 1.12. The number of ether oxygens (including phenoxy) is 1. The Bertz CT molecular complexity index is 554. The molecule has 0 saturated carbocycles. The van der Waals surface area contributed by atoms with Crippen molar-refractivity contribution >= 4 is 0 Å². The van der Waals surface area contributed by atoms with E-state index in [1.165, 1.54) is 0 Å². The topological polar surface area (TPSA) is 79.3 Å². The van der Waals surface area contributed by atoms with Crippen molar-refractivity contribution in [1.82, 2.24) is 0 Å². The molecule has 19 heavy (non-hydrogen) atoms. The quantitative estimate of drug-likeness (QED) is 0.873. The number of fused-ring (bicyclic) bond motifs is 1. The zero-order chi connectivity index (χ0) is 14.0. The SMILES string of the molecule is CCC(CC)[C@@H]1C(C#N)=C(N)Oc2cc(O)ccc21. The Hall–Kier alpha value is -2.15. The van der Waals surface area contributed by atoms with Crippen LogP contribution < -0.4 is 10.5 Å². The summed E-state index contributed by atoms with van der Waals surface area (Å²) in [6.07, 6.45) is 1.92. The van der Waals surface area contributed by atoms with Gasteiger partial charge in [0, 0.05) is 17.5 Å². The number of nitriles is 1. The maximum Gasteiger partial charge on any atom is 0.205 e. The number of phenols is 1. The molecule has 1 aliphatic rings. The lowest BCUT2D eigenvalue weighted by Gasteiger charge is -2.31. The summed E-state index contributed by atoms with van der Waals surface area (Å²) in [7, 11) is 0.